The van der Waals surface area contributed by atoms with E-state index < -0.39 is 0 Å². The molecule has 1 aliphatic rings. The summed E-state index contributed by atoms with van der Waals surface area (Å²) in [4.78, 5) is 30.4. The Labute approximate surface area is 156 Å². The summed E-state index contributed by atoms with van der Waals surface area (Å²) in [5.41, 5.74) is 0. The number of hydrogen-bond donors (Lipinski definition) is 1. The molecule has 0 unspecified atom stereocenters. The number of ether oxygens (including phenoxy) is 1. The average molecular weight is 374 g/mol. The maximum absolute atomic E-state index is 12.0. The number of nitrogens with zero attached hydrogens (tertiary/aromatic N) is 5. The van der Waals surface area contributed by atoms with E-state index in [1.807, 2.05) is 36.5 Å². The van der Waals surface area contributed by atoms with Gasteiger partial charge in [0.25, 0.3) is 0 Å². The summed E-state index contributed by atoms with van der Waals surface area (Å²) >= 11 is 1.58. The SMILES string of the molecule is CN(C)c1nc(CNC(=O)C=Cc2cccs2)nc(N2CCOCC2)n1. The van der Waals surface area contributed by atoms with E-state index >= 15 is 0 Å². The van der Waals surface area contributed by atoms with Crippen molar-refractivity contribution in [2.24, 2.45) is 0 Å². The largest absolute Gasteiger partial charge is 0.378 e. The molecule has 2 aromatic rings. The van der Waals surface area contributed by atoms with Crippen LogP contribution in [-0.4, -0.2) is 61.3 Å². The van der Waals surface area contributed by atoms with Gasteiger partial charge in [0.2, 0.25) is 17.8 Å². The minimum atomic E-state index is -0.182. The van der Waals surface area contributed by atoms with Gasteiger partial charge in [0.15, 0.2) is 5.82 Å². The highest BCUT2D eigenvalue weighted by Crippen LogP contribution is 2.14. The van der Waals surface area contributed by atoms with Crippen molar-refractivity contribution in [1.82, 2.24) is 20.3 Å². The van der Waals surface area contributed by atoms with Gasteiger partial charge in [-0.1, -0.05) is 6.07 Å². The van der Waals surface area contributed by atoms with Crippen LogP contribution in [-0.2, 0) is 16.1 Å². The van der Waals surface area contributed by atoms with Crippen LogP contribution >= 0.6 is 11.3 Å². The molecule has 1 amide bonds. The number of nitrogens with one attached hydrogen (secondary N) is 1. The molecule has 0 saturated carbocycles. The first-order valence-corrected chi connectivity index (χ1v) is 9.24. The molecular formula is C17H22N6O2S. The highest BCUT2D eigenvalue weighted by molar-refractivity contribution is 7.10. The van der Waals surface area contributed by atoms with Crippen LogP contribution in [0.1, 0.15) is 10.7 Å². The van der Waals surface area contributed by atoms with Crippen LogP contribution in [0.4, 0.5) is 11.9 Å². The lowest BCUT2D eigenvalue weighted by Crippen LogP contribution is -2.38. The third kappa shape index (κ3) is 4.99. The van der Waals surface area contributed by atoms with Gasteiger partial charge in [-0.05, 0) is 17.5 Å². The number of aromatic nitrogens is 3. The fourth-order valence-corrected chi connectivity index (χ4v) is 2.97. The molecular weight excluding hydrogens is 352 g/mol. The molecule has 1 N–H and O–H groups in total. The molecule has 0 aliphatic carbocycles. The van der Waals surface area contributed by atoms with Crippen LogP contribution in [0.3, 0.4) is 0 Å². The van der Waals surface area contributed by atoms with Gasteiger partial charge < -0.3 is 19.9 Å². The first-order chi connectivity index (χ1) is 12.6. The number of thiophene rings is 1. The summed E-state index contributed by atoms with van der Waals surface area (Å²) in [6.45, 7) is 3.04. The van der Waals surface area contributed by atoms with E-state index in [2.05, 4.69) is 25.2 Å². The quantitative estimate of drug-likeness (QED) is 0.760. The number of anilines is 2. The summed E-state index contributed by atoms with van der Waals surface area (Å²) in [6.07, 6.45) is 3.31. The predicted octanol–water partition coefficient (Wildman–Crippen LogP) is 1.17. The van der Waals surface area contributed by atoms with Crippen molar-refractivity contribution < 1.29 is 9.53 Å². The van der Waals surface area contributed by atoms with E-state index in [0.29, 0.717) is 30.9 Å². The average Bonchev–Trinajstić information content (AvgIpc) is 3.19. The predicted molar refractivity (Wildman–Crippen MR) is 102 cm³/mol. The van der Waals surface area contributed by atoms with Gasteiger partial charge >= 0.3 is 0 Å². The fourth-order valence-electron chi connectivity index (χ4n) is 2.35. The Kier molecular flexibility index (Phi) is 6.13. The van der Waals surface area contributed by atoms with Crippen molar-refractivity contribution in [2.75, 3.05) is 50.2 Å². The van der Waals surface area contributed by atoms with Gasteiger partial charge in [0, 0.05) is 38.1 Å². The molecule has 9 heteroatoms. The molecule has 138 valence electrons. The number of carbonyl (C=O) groups is 1. The lowest BCUT2D eigenvalue weighted by atomic mass is 10.4. The van der Waals surface area contributed by atoms with E-state index in [-0.39, 0.29) is 12.5 Å². The first kappa shape index (κ1) is 18.3. The molecule has 3 rings (SSSR count). The summed E-state index contributed by atoms with van der Waals surface area (Å²) in [6, 6.07) is 3.90. The zero-order valence-corrected chi connectivity index (χ0v) is 15.7. The molecule has 1 aliphatic heterocycles. The molecule has 0 spiro atoms. The van der Waals surface area contributed by atoms with Gasteiger partial charge in [-0.3, -0.25) is 4.79 Å². The number of hydrogen-bond acceptors (Lipinski definition) is 8. The zero-order chi connectivity index (χ0) is 18.4. The molecule has 2 aromatic heterocycles. The van der Waals surface area contributed by atoms with Gasteiger partial charge in [-0.15, -0.1) is 11.3 Å². The molecule has 1 fully saturated rings. The number of morpholine rings is 1. The Morgan fingerprint density at radius 1 is 1.35 bits per heavy atom. The topological polar surface area (TPSA) is 83.5 Å². The van der Waals surface area contributed by atoms with E-state index in [1.54, 1.807) is 17.4 Å². The van der Waals surface area contributed by atoms with E-state index in [9.17, 15) is 4.79 Å². The summed E-state index contributed by atoms with van der Waals surface area (Å²) in [5, 5.41) is 4.79. The maximum atomic E-state index is 12.0. The highest BCUT2D eigenvalue weighted by atomic mass is 32.1. The van der Waals surface area contributed by atoms with Crippen LogP contribution < -0.4 is 15.1 Å². The third-order valence-corrected chi connectivity index (χ3v) is 4.55. The lowest BCUT2D eigenvalue weighted by molar-refractivity contribution is -0.116. The molecule has 26 heavy (non-hydrogen) atoms. The van der Waals surface area contributed by atoms with Crippen molar-refractivity contribution in [3.8, 4) is 0 Å². The van der Waals surface area contributed by atoms with Gasteiger partial charge in [0.05, 0.1) is 19.8 Å². The van der Waals surface area contributed by atoms with Crippen molar-refractivity contribution in [3.63, 3.8) is 0 Å². The van der Waals surface area contributed by atoms with Crippen LogP contribution in [0.2, 0.25) is 0 Å². The Bertz CT molecular complexity index is 757. The molecule has 0 aromatic carbocycles. The molecule has 0 radical (unpaired) electrons. The second-order valence-electron chi connectivity index (χ2n) is 5.91. The Balaban J connectivity index is 1.67. The monoisotopic (exact) mass is 374 g/mol. The van der Waals surface area contributed by atoms with Crippen molar-refractivity contribution >= 4 is 35.2 Å². The van der Waals surface area contributed by atoms with Gasteiger partial charge in [-0.2, -0.15) is 15.0 Å². The third-order valence-electron chi connectivity index (χ3n) is 3.71. The Hall–Kier alpha value is -2.52. The summed E-state index contributed by atoms with van der Waals surface area (Å²) in [5.74, 6) is 1.53. The molecule has 1 saturated heterocycles. The van der Waals surface area contributed by atoms with Crippen LogP contribution in [0.25, 0.3) is 6.08 Å². The number of amides is 1. The molecule has 8 nitrogen and oxygen atoms in total. The molecule has 0 bridgehead atoms. The summed E-state index contributed by atoms with van der Waals surface area (Å²) < 4.78 is 5.38. The van der Waals surface area contributed by atoms with Gasteiger partial charge in [0.1, 0.15) is 0 Å². The van der Waals surface area contributed by atoms with E-state index in [4.69, 9.17) is 4.74 Å². The minimum Gasteiger partial charge on any atom is -0.378 e. The Morgan fingerprint density at radius 3 is 2.85 bits per heavy atom. The summed E-state index contributed by atoms with van der Waals surface area (Å²) in [7, 11) is 3.76. The maximum Gasteiger partial charge on any atom is 0.244 e. The fraction of sp³-hybridized carbons (Fsp3) is 0.412. The van der Waals surface area contributed by atoms with Crippen LogP contribution in [0.15, 0.2) is 23.6 Å². The van der Waals surface area contributed by atoms with Crippen molar-refractivity contribution in [3.05, 3.63) is 34.3 Å². The molecule has 0 atom stereocenters. The van der Waals surface area contributed by atoms with Crippen LogP contribution in [0, 0.1) is 0 Å². The molecule has 3 heterocycles. The van der Waals surface area contributed by atoms with Crippen LogP contribution in [0.5, 0.6) is 0 Å². The van der Waals surface area contributed by atoms with E-state index in [0.717, 1.165) is 18.0 Å². The smallest absolute Gasteiger partial charge is 0.244 e. The normalized spacial score (nSPS) is 14.6. The second-order valence-corrected chi connectivity index (χ2v) is 6.89. The number of carbonyl (C=O) groups excluding carboxylic acids is 1. The number of rotatable bonds is 6. The highest BCUT2D eigenvalue weighted by Gasteiger charge is 2.17. The minimum absolute atomic E-state index is 0.182. The standard InChI is InChI=1S/C17H22N6O2S/c1-22(2)16-19-14(20-17(21-16)23-7-9-25-10-8-23)12-18-15(24)6-5-13-4-3-11-26-13/h3-6,11H,7-10,12H2,1-2H3,(H,18,24). The second kappa shape index (κ2) is 8.72. The lowest BCUT2D eigenvalue weighted by Gasteiger charge is -2.27. The van der Waals surface area contributed by atoms with E-state index in [1.165, 1.54) is 6.08 Å². The van der Waals surface area contributed by atoms with Crippen molar-refractivity contribution in [2.45, 2.75) is 6.54 Å². The van der Waals surface area contributed by atoms with Crippen molar-refractivity contribution in [1.29, 1.82) is 0 Å². The zero-order valence-electron chi connectivity index (χ0n) is 14.9. The Morgan fingerprint density at radius 2 is 2.15 bits per heavy atom. The first-order valence-electron chi connectivity index (χ1n) is 8.36. The van der Waals surface area contributed by atoms with Gasteiger partial charge in [-0.25, -0.2) is 0 Å².